The number of allylic oxidation sites excluding steroid dienone is 4. The molecule has 1 aromatic rings. The van der Waals surface area contributed by atoms with Crippen molar-refractivity contribution in [2.24, 2.45) is 0 Å². The van der Waals surface area contributed by atoms with Crippen LogP contribution in [0.1, 0.15) is 29.3 Å². The normalized spacial score (nSPS) is 18.2. The van der Waals surface area contributed by atoms with Crippen molar-refractivity contribution < 1.29 is 9.53 Å². The van der Waals surface area contributed by atoms with Crippen molar-refractivity contribution >= 4 is 27.3 Å². The number of rotatable bonds is 3. The molecule has 3 nitrogen and oxygen atoms in total. The van der Waals surface area contributed by atoms with Crippen LogP contribution in [-0.4, -0.2) is 24.3 Å². The molecular weight excluding hydrogens is 342 g/mol. The van der Waals surface area contributed by atoms with E-state index in [1.807, 2.05) is 18.2 Å². The van der Waals surface area contributed by atoms with E-state index in [-0.39, 0.29) is 5.78 Å². The van der Waals surface area contributed by atoms with Crippen molar-refractivity contribution in [3.8, 4) is 5.75 Å². The molecule has 0 bridgehead atoms. The summed E-state index contributed by atoms with van der Waals surface area (Å²) in [7, 11) is 0. The van der Waals surface area contributed by atoms with E-state index >= 15 is 0 Å². The molecule has 3 rings (SSSR count). The number of dihydropyridines is 1. The van der Waals surface area contributed by atoms with Gasteiger partial charge in [-0.05, 0) is 37.1 Å². The van der Waals surface area contributed by atoms with Gasteiger partial charge in [0.15, 0.2) is 5.78 Å². The van der Waals surface area contributed by atoms with Gasteiger partial charge in [0.25, 0.3) is 0 Å². The standard InChI is InChI=1S/C18H18BrNO2/c1-12(21)13-6-7-18-16(10-13)14(4-2-8-19)15-5-3-9-20-17(15)11-22-18/h3-7,10,20H,2,8-9,11H2,1H3/b14-4+. The maximum Gasteiger partial charge on any atom is 0.159 e. The van der Waals surface area contributed by atoms with Crippen LogP contribution in [0.5, 0.6) is 5.75 Å². The Morgan fingerprint density at radius 1 is 1.45 bits per heavy atom. The Morgan fingerprint density at radius 2 is 2.32 bits per heavy atom. The number of Topliss-reactive ketones (excluding diaryl/α,β-unsaturated/α-hetero) is 1. The zero-order valence-corrected chi connectivity index (χ0v) is 14.1. The first-order valence-electron chi connectivity index (χ1n) is 7.39. The van der Waals surface area contributed by atoms with Gasteiger partial charge in [-0.2, -0.15) is 0 Å². The van der Waals surface area contributed by atoms with Gasteiger partial charge in [-0.1, -0.05) is 34.2 Å². The molecule has 0 spiro atoms. The SMILES string of the molecule is CC(=O)c1ccc2c(c1)/C(=C/CCBr)C1=C(CO2)NCC=C1. The summed E-state index contributed by atoms with van der Waals surface area (Å²) in [4.78, 5) is 11.7. The molecule has 2 aliphatic rings. The predicted octanol–water partition coefficient (Wildman–Crippen LogP) is 3.86. The monoisotopic (exact) mass is 359 g/mol. The molecule has 0 aliphatic carbocycles. The molecule has 0 atom stereocenters. The highest BCUT2D eigenvalue weighted by molar-refractivity contribution is 9.09. The van der Waals surface area contributed by atoms with E-state index < -0.39 is 0 Å². The van der Waals surface area contributed by atoms with Gasteiger partial charge in [-0.15, -0.1) is 0 Å². The number of hydrogen-bond acceptors (Lipinski definition) is 3. The van der Waals surface area contributed by atoms with Crippen molar-refractivity contribution in [3.05, 3.63) is 58.8 Å². The second-order valence-corrected chi connectivity index (χ2v) is 6.12. The zero-order valence-electron chi connectivity index (χ0n) is 12.5. The molecule has 22 heavy (non-hydrogen) atoms. The third kappa shape index (κ3) is 2.88. The second kappa shape index (κ2) is 6.53. The summed E-state index contributed by atoms with van der Waals surface area (Å²) in [6, 6.07) is 5.67. The van der Waals surface area contributed by atoms with Crippen molar-refractivity contribution in [2.45, 2.75) is 13.3 Å². The van der Waals surface area contributed by atoms with Gasteiger partial charge in [-0.25, -0.2) is 0 Å². The molecule has 2 aliphatic heterocycles. The number of alkyl halides is 1. The molecule has 0 amide bonds. The Bertz CT molecular complexity index is 701. The molecule has 2 heterocycles. The average molecular weight is 360 g/mol. The first-order valence-corrected chi connectivity index (χ1v) is 8.51. The average Bonchev–Trinajstić information content (AvgIpc) is 2.69. The second-order valence-electron chi connectivity index (χ2n) is 5.33. The Kier molecular flexibility index (Phi) is 4.48. The van der Waals surface area contributed by atoms with Gasteiger partial charge in [0.2, 0.25) is 0 Å². The lowest BCUT2D eigenvalue weighted by atomic mass is 9.92. The van der Waals surface area contributed by atoms with E-state index in [1.165, 1.54) is 0 Å². The fourth-order valence-electron chi connectivity index (χ4n) is 2.73. The Labute approximate surface area is 138 Å². The fourth-order valence-corrected chi connectivity index (χ4v) is 2.96. The number of ether oxygens (including phenoxy) is 1. The van der Waals surface area contributed by atoms with Crippen LogP contribution in [0.15, 0.2) is 47.7 Å². The Balaban J connectivity index is 2.16. The highest BCUT2D eigenvalue weighted by atomic mass is 79.9. The lowest BCUT2D eigenvalue weighted by Gasteiger charge is -2.17. The number of benzene rings is 1. The van der Waals surface area contributed by atoms with Crippen molar-refractivity contribution in [1.29, 1.82) is 0 Å². The number of nitrogens with one attached hydrogen (secondary N) is 1. The molecule has 0 aromatic heterocycles. The van der Waals surface area contributed by atoms with E-state index in [0.29, 0.717) is 12.2 Å². The van der Waals surface area contributed by atoms with Crippen LogP contribution in [0.3, 0.4) is 0 Å². The van der Waals surface area contributed by atoms with Crippen LogP contribution in [0.25, 0.3) is 5.57 Å². The minimum Gasteiger partial charge on any atom is -0.487 e. The van der Waals surface area contributed by atoms with E-state index in [2.05, 4.69) is 39.5 Å². The number of halogens is 1. The topological polar surface area (TPSA) is 38.3 Å². The molecule has 1 aromatic carbocycles. The fraction of sp³-hybridized carbons (Fsp3) is 0.278. The quantitative estimate of drug-likeness (QED) is 0.657. The number of ketones is 1. The molecule has 0 radical (unpaired) electrons. The highest BCUT2D eigenvalue weighted by Gasteiger charge is 2.22. The van der Waals surface area contributed by atoms with Gasteiger partial charge in [0.05, 0.1) is 5.70 Å². The maximum absolute atomic E-state index is 11.7. The van der Waals surface area contributed by atoms with E-state index in [4.69, 9.17) is 4.74 Å². The van der Waals surface area contributed by atoms with Gasteiger partial charge in [-0.3, -0.25) is 4.79 Å². The Hall–Kier alpha value is -1.81. The van der Waals surface area contributed by atoms with Crippen molar-refractivity contribution in [3.63, 3.8) is 0 Å². The minimum absolute atomic E-state index is 0.0680. The van der Waals surface area contributed by atoms with Crippen LogP contribution in [-0.2, 0) is 0 Å². The van der Waals surface area contributed by atoms with Crippen LogP contribution < -0.4 is 10.1 Å². The largest absolute Gasteiger partial charge is 0.487 e. The number of carbonyl (C=O) groups is 1. The number of fused-ring (bicyclic) bond motifs is 1. The summed E-state index contributed by atoms with van der Waals surface area (Å²) in [5.41, 5.74) is 5.10. The van der Waals surface area contributed by atoms with Crippen LogP contribution in [0.4, 0.5) is 0 Å². The summed E-state index contributed by atoms with van der Waals surface area (Å²) in [6.45, 7) is 2.94. The molecule has 0 fully saturated rings. The maximum atomic E-state index is 11.7. The third-order valence-corrected chi connectivity index (χ3v) is 4.30. The zero-order chi connectivity index (χ0) is 15.5. The molecule has 0 saturated heterocycles. The number of carbonyl (C=O) groups excluding carboxylic acids is 1. The van der Waals surface area contributed by atoms with Crippen molar-refractivity contribution in [1.82, 2.24) is 5.32 Å². The van der Waals surface area contributed by atoms with Gasteiger partial charge in [0, 0.05) is 28.6 Å². The number of hydrogen-bond donors (Lipinski definition) is 1. The highest BCUT2D eigenvalue weighted by Crippen LogP contribution is 2.37. The van der Waals surface area contributed by atoms with Crippen LogP contribution in [0, 0.1) is 0 Å². The van der Waals surface area contributed by atoms with Crippen molar-refractivity contribution in [2.75, 3.05) is 18.5 Å². The summed E-state index contributed by atoms with van der Waals surface area (Å²) < 4.78 is 5.94. The molecule has 0 saturated carbocycles. The lowest BCUT2D eigenvalue weighted by molar-refractivity contribution is 0.101. The lowest BCUT2D eigenvalue weighted by Crippen LogP contribution is -2.22. The summed E-state index contributed by atoms with van der Waals surface area (Å²) in [5.74, 6) is 0.897. The van der Waals surface area contributed by atoms with Gasteiger partial charge >= 0.3 is 0 Å². The van der Waals surface area contributed by atoms with E-state index in [1.54, 1.807) is 6.92 Å². The third-order valence-electron chi connectivity index (χ3n) is 3.84. The Morgan fingerprint density at radius 3 is 3.09 bits per heavy atom. The first-order chi connectivity index (χ1) is 10.7. The summed E-state index contributed by atoms with van der Waals surface area (Å²) >= 11 is 3.48. The van der Waals surface area contributed by atoms with Gasteiger partial charge in [0.1, 0.15) is 12.4 Å². The van der Waals surface area contributed by atoms with Gasteiger partial charge < -0.3 is 10.1 Å². The van der Waals surface area contributed by atoms with Crippen LogP contribution in [0.2, 0.25) is 0 Å². The predicted molar refractivity (Wildman–Crippen MR) is 92.5 cm³/mol. The molecule has 4 heteroatoms. The molecule has 1 N–H and O–H groups in total. The molecule has 0 unspecified atom stereocenters. The van der Waals surface area contributed by atoms with E-state index in [0.717, 1.165) is 46.5 Å². The molecular formula is C18H18BrNO2. The minimum atomic E-state index is 0.0680. The van der Waals surface area contributed by atoms with E-state index in [9.17, 15) is 4.79 Å². The molecule has 114 valence electrons. The summed E-state index contributed by atoms with van der Waals surface area (Å²) in [6.07, 6.45) is 7.38. The smallest absolute Gasteiger partial charge is 0.159 e. The summed E-state index contributed by atoms with van der Waals surface area (Å²) in [5, 5.41) is 4.29. The first kappa shape index (κ1) is 15.1. The van der Waals surface area contributed by atoms with Crippen LogP contribution >= 0.6 is 15.9 Å².